The lowest BCUT2D eigenvalue weighted by Gasteiger charge is -2.28. The number of furan rings is 2. The van der Waals surface area contributed by atoms with Crippen LogP contribution in [0.15, 0.2) is 179 Å². The summed E-state index contributed by atoms with van der Waals surface area (Å²) in [6, 6.07) is 60.2. The Kier molecular flexibility index (Phi) is 5.63. The van der Waals surface area contributed by atoms with Crippen molar-refractivity contribution in [2.24, 2.45) is 0 Å². The van der Waals surface area contributed by atoms with Crippen molar-refractivity contribution < 1.29 is 8.83 Å². The van der Waals surface area contributed by atoms with Crippen LogP contribution in [0.2, 0.25) is 0 Å². The molecule has 0 aliphatic heterocycles. The van der Waals surface area contributed by atoms with E-state index in [0.717, 1.165) is 82.9 Å². The van der Waals surface area contributed by atoms with Crippen LogP contribution in [0, 0.1) is 0 Å². The highest BCUT2D eigenvalue weighted by atomic mass is 16.3. The Balaban J connectivity index is 1.26. The molecular formula is C46H28N2O2. The van der Waals surface area contributed by atoms with Crippen LogP contribution in [0.25, 0.3) is 82.1 Å². The molecule has 3 heterocycles. The molecule has 0 spiro atoms. The predicted molar refractivity (Wildman–Crippen MR) is 208 cm³/mol. The predicted octanol–water partition coefficient (Wildman–Crippen LogP) is 13.2. The Bertz CT molecular complexity index is 3110. The number of benzene rings is 8. The first-order chi connectivity index (χ1) is 24.8. The molecule has 11 aromatic rings. The molecule has 0 atom stereocenters. The lowest BCUT2D eigenvalue weighted by molar-refractivity contribution is 0.669. The summed E-state index contributed by atoms with van der Waals surface area (Å²) < 4.78 is 15.2. The van der Waals surface area contributed by atoms with Gasteiger partial charge in [0.1, 0.15) is 22.3 Å². The third-order valence-electron chi connectivity index (χ3n) is 10.1. The van der Waals surface area contributed by atoms with Gasteiger partial charge >= 0.3 is 0 Å². The highest BCUT2D eigenvalue weighted by Gasteiger charge is 2.23. The molecule has 4 nitrogen and oxygen atoms in total. The fraction of sp³-hybridized carbons (Fsp3) is 0. The molecule has 0 aliphatic carbocycles. The molecule has 0 saturated heterocycles. The molecule has 0 radical (unpaired) electrons. The summed E-state index contributed by atoms with van der Waals surface area (Å²) in [5.41, 5.74) is 10.2. The van der Waals surface area contributed by atoms with E-state index in [1.54, 1.807) is 0 Å². The summed E-state index contributed by atoms with van der Waals surface area (Å²) in [4.78, 5) is 2.41. The van der Waals surface area contributed by atoms with Crippen molar-refractivity contribution in [1.29, 1.82) is 0 Å². The van der Waals surface area contributed by atoms with Gasteiger partial charge in [0.25, 0.3) is 0 Å². The Morgan fingerprint density at radius 2 is 1.04 bits per heavy atom. The highest BCUT2D eigenvalue weighted by Crippen LogP contribution is 2.47. The van der Waals surface area contributed by atoms with E-state index in [1.165, 1.54) is 16.3 Å². The minimum Gasteiger partial charge on any atom is -0.456 e. The van der Waals surface area contributed by atoms with Gasteiger partial charge < -0.3 is 18.3 Å². The zero-order chi connectivity index (χ0) is 32.8. The number of anilines is 3. The van der Waals surface area contributed by atoms with Crippen LogP contribution in [0.4, 0.5) is 17.1 Å². The van der Waals surface area contributed by atoms with Gasteiger partial charge in [-0.1, -0.05) is 97.1 Å². The molecule has 0 bridgehead atoms. The first kappa shape index (κ1) is 27.2. The molecule has 8 aromatic carbocycles. The first-order valence-electron chi connectivity index (χ1n) is 16.9. The molecule has 4 heteroatoms. The summed E-state index contributed by atoms with van der Waals surface area (Å²) in [5, 5.41) is 9.08. The highest BCUT2D eigenvalue weighted by molar-refractivity contribution is 6.18. The van der Waals surface area contributed by atoms with Crippen LogP contribution < -0.4 is 4.90 Å². The molecule has 0 amide bonds. The van der Waals surface area contributed by atoms with E-state index in [1.807, 2.05) is 24.3 Å². The second-order valence-electron chi connectivity index (χ2n) is 12.9. The van der Waals surface area contributed by atoms with Gasteiger partial charge in [-0.25, -0.2) is 0 Å². The second kappa shape index (κ2) is 10.4. The fourth-order valence-corrected chi connectivity index (χ4v) is 7.98. The molecular weight excluding hydrogens is 613 g/mol. The van der Waals surface area contributed by atoms with E-state index >= 15 is 0 Å². The third kappa shape index (κ3) is 3.87. The maximum Gasteiger partial charge on any atom is 0.137 e. The van der Waals surface area contributed by atoms with Crippen LogP contribution in [-0.2, 0) is 0 Å². The minimum atomic E-state index is 0.858. The smallest absolute Gasteiger partial charge is 0.137 e. The molecule has 50 heavy (non-hydrogen) atoms. The molecule has 0 aliphatic rings. The maximum atomic E-state index is 6.44. The van der Waals surface area contributed by atoms with E-state index in [9.17, 15) is 0 Å². The van der Waals surface area contributed by atoms with Crippen molar-refractivity contribution in [3.8, 4) is 5.69 Å². The van der Waals surface area contributed by atoms with Gasteiger partial charge in [0.05, 0.1) is 27.8 Å². The van der Waals surface area contributed by atoms with Gasteiger partial charge in [-0.3, -0.25) is 0 Å². The van der Waals surface area contributed by atoms with Gasteiger partial charge in [-0.05, 0) is 78.2 Å². The van der Waals surface area contributed by atoms with E-state index in [2.05, 4.69) is 155 Å². The Morgan fingerprint density at radius 3 is 1.92 bits per heavy atom. The summed E-state index contributed by atoms with van der Waals surface area (Å²) in [6.07, 6.45) is 0. The van der Waals surface area contributed by atoms with E-state index in [0.29, 0.717) is 0 Å². The minimum absolute atomic E-state index is 0.858. The number of fused-ring (bicyclic) bond motifs is 10. The van der Waals surface area contributed by atoms with Gasteiger partial charge in [0, 0.05) is 43.7 Å². The molecule has 3 aromatic heterocycles. The number of hydrogen-bond donors (Lipinski definition) is 0. The van der Waals surface area contributed by atoms with Crippen molar-refractivity contribution in [3.63, 3.8) is 0 Å². The number of aromatic nitrogens is 1. The van der Waals surface area contributed by atoms with Gasteiger partial charge in [-0.2, -0.15) is 0 Å². The third-order valence-corrected chi connectivity index (χ3v) is 10.1. The Labute approximate surface area is 286 Å². The van der Waals surface area contributed by atoms with E-state index < -0.39 is 0 Å². The SMILES string of the molecule is c1ccc(-n2c3ccccc3c3ccc(N(c4cccc5cc6oc7ccccc7c6cc45)c4cccc5oc6ccccc6c45)cc32)cc1. The largest absolute Gasteiger partial charge is 0.456 e. The van der Waals surface area contributed by atoms with Crippen LogP contribution >= 0.6 is 0 Å². The molecule has 0 unspecified atom stereocenters. The van der Waals surface area contributed by atoms with Crippen molar-refractivity contribution in [3.05, 3.63) is 170 Å². The topological polar surface area (TPSA) is 34.5 Å². The normalized spacial score (nSPS) is 12.0. The number of hydrogen-bond acceptors (Lipinski definition) is 3. The average Bonchev–Trinajstić information content (AvgIpc) is 3.84. The standard InChI is InChI=1S/C46H28N2O2/c1-2-13-30(14-3-1)47-38-18-7-4-15-32(38)33-25-24-31(27-41(33)47)48(40-20-11-23-44-46(40)35-17-6-9-22-43(35)49-44)39-19-10-12-29-26-45-37(28-36(29)39)34-16-5-8-21-42(34)50-45/h1-28H. The fourth-order valence-electron chi connectivity index (χ4n) is 7.98. The summed E-state index contributed by atoms with van der Waals surface area (Å²) in [7, 11) is 0. The molecule has 0 N–H and O–H groups in total. The number of para-hydroxylation sites is 4. The van der Waals surface area contributed by atoms with Crippen LogP contribution in [0.1, 0.15) is 0 Å². The van der Waals surface area contributed by atoms with Crippen molar-refractivity contribution in [2.45, 2.75) is 0 Å². The molecule has 11 rings (SSSR count). The summed E-state index contributed by atoms with van der Waals surface area (Å²) in [5.74, 6) is 0. The molecule has 0 fully saturated rings. The summed E-state index contributed by atoms with van der Waals surface area (Å²) in [6.45, 7) is 0. The monoisotopic (exact) mass is 640 g/mol. The van der Waals surface area contributed by atoms with Crippen molar-refractivity contribution >= 4 is 93.5 Å². The molecule has 234 valence electrons. The lowest BCUT2D eigenvalue weighted by Crippen LogP contribution is -2.11. The Hall–Kier alpha value is -6.78. The maximum absolute atomic E-state index is 6.44. The van der Waals surface area contributed by atoms with E-state index in [-0.39, 0.29) is 0 Å². The molecule has 0 saturated carbocycles. The van der Waals surface area contributed by atoms with Gasteiger partial charge in [0.15, 0.2) is 0 Å². The van der Waals surface area contributed by atoms with Crippen molar-refractivity contribution in [2.75, 3.05) is 4.90 Å². The average molecular weight is 641 g/mol. The summed E-state index contributed by atoms with van der Waals surface area (Å²) >= 11 is 0. The van der Waals surface area contributed by atoms with Crippen molar-refractivity contribution in [1.82, 2.24) is 4.57 Å². The van der Waals surface area contributed by atoms with Crippen LogP contribution in [0.3, 0.4) is 0 Å². The first-order valence-corrected chi connectivity index (χ1v) is 16.9. The second-order valence-corrected chi connectivity index (χ2v) is 12.9. The Morgan fingerprint density at radius 1 is 0.380 bits per heavy atom. The van der Waals surface area contributed by atoms with E-state index in [4.69, 9.17) is 8.83 Å². The number of rotatable bonds is 4. The lowest BCUT2D eigenvalue weighted by atomic mass is 10.0. The zero-order valence-corrected chi connectivity index (χ0v) is 26.9. The number of nitrogens with zero attached hydrogens (tertiary/aromatic N) is 2. The van der Waals surface area contributed by atoms with Crippen LogP contribution in [-0.4, -0.2) is 4.57 Å². The van der Waals surface area contributed by atoms with Gasteiger partial charge in [0.2, 0.25) is 0 Å². The van der Waals surface area contributed by atoms with Gasteiger partial charge in [-0.15, -0.1) is 0 Å². The quantitative estimate of drug-likeness (QED) is 0.192. The zero-order valence-electron chi connectivity index (χ0n) is 26.9. The van der Waals surface area contributed by atoms with Crippen LogP contribution in [0.5, 0.6) is 0 Å².